The van der Waals surface area contributed by atoms with Gasteiger partial charge in [0.2, 0.25) is 0 Å². The second-order valence-electron chi connectivity index (χ2n) is 2.88. The number of aliphatic hydroxyl groups excluding tert-OH is 1. The molecule has 0 aliphatic heterocycles. The standard InChI is InChI=1S/C7H11F5O2/c1-5(13)4-14-3-2-6(8,9)7(10,11)12/h5,13H,2-4H2,1H3. The second-order valence-corrected chi connectivity index (χ2v) is 2.88. The highest BCUT2D eigenvalue weighted by molar-refractivity contribution is 4.75. The smallest absolute Gasteiger partial charge is 0.391 e. The van der Waals surface area contributed by atoms with Gasteiger partial charge in [-0.25, -0.2) is 0 Å². The minimum absolute atomic E-state index is 0.256. The van der Waals surface area contributed by atoms with Crippen molar-refractivity contribution in [3.8, 4) is 0 Å². The normalized spacial score (nSPS) is 15.6. The van der Waals surface area contributed by atoms with E-state index >= 15 is 0 Å². The van der Waals surface area contributed by atoms with Crippen LogP contribution in [0.2, 0.25) is 0 Å². The number of ether oxygens (including phenoxy) is 1. The van der Waals surface area contributed by atoms with Crippen molar-refractivity contribution in [2.24, 2.45) is 0 Å². The van der Waals surface area contributed by atoms with Gasteiger partial charge in [-0.3, -0.25) is 0 Å². The first-order valence-electron chi connectivity index (χ1n) is 3.87. The molecular formula is C7H11F5O2. The minimum Gasteiger partial charge on any atom is -0.391 e. The molecule has 0 saturated carbocycles. The van der Waals surface area contributed by atoms with Gasteiger partial charge in [-0.15, -0.1) is 0 Å². The van der Waals surface area contributed by atoms with Crippen LogP contribution < -0.4 is 0 Å². The lowest BCUT2D eigenvalue weighted by molar-refractivity contribution is -0.287. The van der Waals surface area contributed by atoms with Gasteiger partial charge in [-0.2, -0.15) is 22.0 Å². The number of rotatable bonds is 5. The van der Waals surface area contributed by atoms with E-state index in [2.05, 4.69) is 4.74 Å². The molecule has 1 atom stereocenters. The molecule has 0 heterocycles. The highest BCUT2D eigenvalue weighted by atomic mass is 19.4. The number of hydrogen-bond donors (Lipinski definition) is 1. The third-order valence-electron chi connectivity index (χ3n) is 1.33. The maximum atomic E-state index is 12.2. The third-order valence-corrected chi connectivity index (χ3v) is 1.33. The fraction of sp³-hybridized carbons (Fsp3) is 1.00. The number of aliphatic hydroxyl groups is 1. The van der Waals surface area contributed by atoms with E-state index in [1.165, 1.54) is 6.92 Å². The van der Waals surface area contributed by atoms with Gasteiger partial charge in [0.15, 0.2) is 0 Å². The molecule has 1 N–H and O–H groups in total. The Labute approximate surface area is 77.7 Å². The summed E-state index contributed by atoms with van der Waals surface area (Å²) in [6.45, 7) is 0.341. The quantitative estimate of drug-likeness (QED) is 0.569. The van der Waals surface area contributed by atoms with Crippen molar-refractivity contribution < 1.29 is 31.8 Å². The molecule has 0 radical (unpaired) electrons. The Hall–Kier alpha value is -0.430. The van der Waals surface area contributed by atoms with Crippen molar-refractivity contribution in [3.05, 3.63) is 0 Å². The van der Waals surface area contributed by atoms with Crippen LogP contribution in [0.1, 0.15) is 13.3 Å². The fourth-order valence-corrected chi connectivity index (χ4v) is 0.596. The number of alkyl halides is 5. The van der Waals surface area contributed by atoms with Crippen molar-refractivity contribution >= 4 is 0 Å². The summed E-state index contributed by atoms with van der Waals surface area (Å²) in [4.78, 5) is 0. The molecule has 0 aromatic carbocycles. The summed E-state index contributed by atoms with van der Waals surface area (Å²) in [7, 11) is 0. The highest BCUT2D eigenvalue weighted by Gasteiger charge is 2.56. The first-order chi connectivity index (χ1) is 6.17. The van der Waals surface area contributed by atoms with Gasteiger partial charge in [0.25, 0.3) is 0 Å². The molecule has 1 unspecified atom stereocenters. The largest absolute Gasteiger partial charge is 0.453 e. The van der Waals surface area contributed by atoms with Gasteiger partial charge in [-0.1, -0.05) is 0 Å². The second kappa shape index (κ2) is 4.88. The van der Waals surface area contributed by atoms with Gasteiger partial charge in [0.05, 0.1) is 19.3 Å². The van der Waals surface area contributed by atoms with Gasteiger partial charge in [0, 0.05) is 6.42 Å². The molecule has 0 saturated heterocycles. The van der Waals surface area contributed by atoms with Crippen LogP contribution in [0.5, 0.6) is 0 Å². The predicted octanol–water partition coefficient (Wildman–Crippen LogP) is 1.97. The zero-order valence-electron chi connectivity index (χ0n) is 7.44. The van der Waals surface area contributed by atoms with Gasteiger partial charge in [-0.05, 0) is 6.92 Å². The summed E-state index contributed by atoms with van der Waals surface area (Å²) >= 11 is 0. The van der Waals surface area contributed by atoms with Crippen LogP contribution in [0.15, 0.2) is 0 Å². The zero-order chi connectivity index (χ0) is 11.4. The van der Waals surface area contributed by atoms with Gasteiger partial charge >= 0.3 is 12.1 Å². The third kappa shape index (κ3) is 4.71. The van der Waals surface area contributed by atoms with Crippen LogP contribution in [0.3, 0.4) is 0 Å². The molecule has 0 spiro atoms. The molecular weight excluding hydrogens is 211 g/mol. The van der Waals surface area contributed by atoms with E-state index in [4.69, 9.17) is 5.11 Å². The van der Waals surface area contributed by atoms with E-state index < -0.39 is 31.2 Å². The first kappa shape index (κ1) is 13.6. The lowest BCUT2D eigenvalue weighted by atomic mass is 10.2. The number of hydrogen-bond acceptors (Lipinski definition) is 2. The monoisotopic (exact) mass is 222 g/mol. The van der Waals surface area contributed by atoms with Crippen LogP contribution in [0.4, 0.5) is 22.0 Å². The molecule has 0 bridgehead atoms. The Balaban J connectivity index is 3.78. The fourth-order valence-electron chi connectivity index (χ4n) is 0.596. The van der Waals surface area contributed by atoms with Crippen LogP contribution in [-0.2, 0) is 4.74 Å². The van der Waals surface area contributed by atoms with Gasteiger partial charge < -0.3 is 9.84 Å². The van der Waals surface area contributed by atoms with E-state index in [0.717, 1.165) is 0 Å². The minimum atomic E-state index is -5.54. The van der Waals surface area contributed by atoms with Crippen LogP contribution in [0, 0.1) is 0 Å². The summed E-state index contributed by atoms with van der Waals surface area (Å²) in [5.41, 5.74) is 0. The summed E-state index contributed by atoms with van der Waals surface area (Å²) in [5, 5.41) is 8.61. The van der Waals surface area contributed by atoms with E-state index in [0.29, 0.717) is 0 Å². The highest BCUT2D eigenvalue weighted by Crippen LogP contribution is 2.37. The van der Waals surface area contributed by atoms with Crippen molar-refractivity contribution in [2.75, 3.05) is 13.2 Å². The van der Waals surface area contributed by atoms with Crippen molar-refractivity contribution in [2.45, 2.75) is 31.5 Å². The van der Waals surface area contributed by atoms with E-state index in [9.17, 15) is 22.0 Å². The molecule has 0 fully saturated rings. The Kier molecular flexibility index (Phi) is 4.73. The molecule has 0 amide bonds. The Bertz CT molecular complexity index is 166. The maximum Gasteiger partial charge on any atom is 0.453 e. The lowest BCUT2D eigenvalue weighted by Crippen LogP contribution is -2.37. The first-order valence-corrected chi connectivity index (χ1v) is 3.87. The SMILES string of the molecule is CC(O)COCCC(F)(F)C(F)(F)F. The van der Waals surface area contributed by atoms with Crippen molar-refractivity contribution in [1.29, 1.82) is 0 Å². The molecule has 0 aromatic rings. The predicted molar refractivity (Wildman–Crippen MR) is 38.1 cm³/mol. The summed E-state index contributed by atoms with van der Waals surface area (Å²) in [5.74, 6) is -4.73. The summed E-state index contributed by atoms with van der Waals surface area (Å²) < 4.78 is 63.5. The lowest BCUT2D eigenvalue weighted by Gasteiger charge is -2.19. The molecule has 14 heavy (non-hydrogen) atoms. The average molecular weight is 222 g/mol. The van der Waals surface area contributed by atoms with Crippen molar-refractivity contribution in [3.63, 3.8) is 0 Å². The van der Waals surface area contributed by atoms with Gasteiger partial charge in [0.1, 0.15) is 0 Å². The van der Waals surface area contributed by atoms with E-state index in [-0.39, 0.29) is 6.61 Å². The Morgan fingerprint density at radius 3 is 2.07 bits per heavy atom. The molecule has 0 aromatic heterocycles. The molecule has 0 aliphatic carbocycles. The average Bonchev–Trinajstić information content (AvgIpc) is 1.95. The molecule has 0 rings (SSSR count). The Morgan fingerprint density at radius 1 is 1.21 bits per heavy atom. The number of halogens is 5. The van der Waals surface area contributed by atoms with Crippen molar-refractivity contribution in [1.82, 2.24) is 0 Å². The topological polar surface area (TPSA) is 29.5 Å². The van der Waals surface area contributed by atoms with E-state index in [1.54, 1.807) is 0 Å². The zero-order valence-corrected chi connectivity index (χ0v) is 7.44. The van der Waals surface area contributed by atoms with Crippen LogP contribution in [-0.4, -0.2) is 36.5 Å². The Morgan fingerprint density at radius 2 is 1.71 bits per heavy atom. The van der Waals surface area contributed by atoms with Crippen LogP contribution >= 0.6 is 0 Å². The molecule has 7 heteroatoms. The molecule has 86 valence electrons. The molecule has 0 aliphatic rings. The summed E-state index contributed by atoms with van der Waals surface area (Å²) in [6, 6.07) is 0. The van der Waals surface area contributed by atoms with Crippen LogP contribution in [0.25, 0.3) is 0 Å². The molecule has 2 nitrogen and oxygen atoms in total. The maximum absolute atomic E-state index is 12.2. The summed E-state index contributed by atoms with van der Waals surface area (Å²) in [6.07, 6.45) is -7.85. The van der Waals surface area contributed by atoms with E-state index in [1.807, 2.05) is 0 Å².